The number of rotatable bonds is 5. The van der Waals surface area contributed by atoms with Gasteiger partial charge in [0.1, 0.15) is 18.5 Å². The zero-order valence-electron chi connectivity index (χ0n) is 14.7. The van der Waals surface area contributed by atoms with E-state index in [-0.39, 0.29) is 24.2 Å². The molecule has 3 aromatic carbocycles. The molecule has 6 nitrogen and oxygen atoms in total. The number of nitrogens with one attached hydrogen (secondary N) is 1. The van der Waals surface area contributed by atoms with Crippen LogP contribution in [-0.2, 0) is 10.0 Å². The minimum Gasteiger partial charge on any atom is -0.497 e. The van der Waals surface area contributed by atoms with E-state index >= 15 is 0 Å². The van der Waals surface area contributed by atoms with E-state index in [1.54, 1.807) is 37.4 Å². The summed E-state index contributed by atoms with van der Waals surface area (Å²) in [7, 11) is -2.06. The first kappa shape index (κ1) is 17.6. The second-order valence-corrected chi connectivity index (χ2v) is 7.99. The van der Waals surface area contributed by atoms with Gasteiger partial charge >= 0.3 is 0 Å². The molecule has 140 valence electrons. The molecule has 0 saturated carbocycles. The van der Waals surface area contributed by atoms with Crippen LogP contribution >= 0.6 is 0 Å². The van der Waals surface area contributed by atoms with Crippen LogP contribution in [-0.4, -0.2) is 34.8 Å². The second kappa shape index (κ2) is 7.09. The molecule has 0 spiro atoms. The van der Waals surface area contributed by atoms with E-state index in [2.05, 4.69) is 4.72 Å². The van der Waals surface area contributed by atoms with Crippen LogP contribution < -0.4 is 18.9 Å². The highest BCUT2D eigenvalue weighted by atomic mass is 32.2. The molecule has 0 aromatic heterocycles. The molecule has 27 heavy (non-hydrogen) atoms. The highest BCUT2D eigenvalue weighted by molar-refractivity contribution is 7.89. The Hall–Kier alpha value is -2.77. The van der Waals surface area contributed by atoms with Crippen LogP contribution in [0.5, 0.6) is 17.2 Å². The number of hydrogen-bond donors (Lipinski definition) is 1. The molecule has 0 aliphatic carbocycles. The van der Waals surface area contributed by atoms with Crippen molar-refractivity contribution in [2.75, 3.05) is 20.3 Å². The van der Waals surface area contributed by atoms with Gasteiger partial charge in [-0.25, -0.2) is 13.1 Å². The molecule has 0 unspecified atom stereocenters. The molecule has 7 heteroatoms. The van der Waals surface area contributed by atoms with Crippen LogP contribution in [0.25, 0.3) is 10.8 Å². The largest absolute Gasteiger partial charge is 0.497 e. The number of ether oxygens (including phenoxy) is 3. The summed E-state index contributed by atoms with van der Waals surface area (Å²) in [6.07, 6.45) is -0.389. The van der Waals surface area contributed by atoms with Crippen molar-refractivity contribution in [1.82, 2.24) is 4.72 Å². The van der Waals surface area contributed by atoms with E-state index in [4.69, 9.17) is 14.2 Å². The van der Waals surface area contributed by atoms with E-state index in [0.717, 1.165) is 16.5 Å². The minimum atomic E-state index is -3.66. The predicted octanol–water partition coefficient (Wildman–Crippen LogP) is 2.97. The molecule has 0 fully saturated rings. The maximum absolute atomic E-state index is 12.7. The van der Waals surface area contributed by atoms with Crippen molar-refractivity contribution in [3.63, 3.8) is 0 Å². The Bertz CT molecular complexity index is 1080. The lowest BCUT2D eigenvalue weighted by Gasteiger charge is -2.26. The van der Waals surface area contributed by atoms with E-state index in [9.17, 15) is 8.42 Å². The standard InChI is InChI=1S/C20H19NO5S/c1-24-16-8-6-15-11-18(9-7-14(15)10-16)27(22,23)21-12-17-13-25-19-4-2-3-5-20(19)26-17/h2-11,17,21H,12-13H2,1H3/t17-/m0/s1. The van der Waals surface area contributed by atoms with Crippen molar-refractivity contribution in [2.45, 2.75) is 11.0 Å². The van der Waals surface area contributed by atoms with Gasteiger partial charge in [-0.15, -0.1) is 0 Å². The number of fused-ring (bicyclic) bond motifs is 2. The lowest BCUT2D eigenvalue weighted by molar-refractivity contribution is 0.0943. The molecule has 1 N–H and O–H groups in total. The highest BCUT2D eigenvalue weighted by Crippen LogP contribution is 2.31. The monoisotopic (exact) mass is 385 g/mol. The molecule has 1 heterocycles. The zero-order chi connectivity index (χ0) is 18.9. The molecule has 0 bridgehead atoms. The molecule has 4 rings (SSSR count). The first-order chi connectivity index (χ1) is 13.0. The maximum Gasteiger partial charge on any atom is 0.240 e. The van der Waals surface area contributed by atoms with Crippen molar-refractivity contribution in [3.8, 4) is 17.2 Å². The first-order valence-corrected chi connectivity index (χ1v) is 9.99. The number of para-hydroxylation sites is 2. The van der Waals surface area contributed by atoms with E-state index in [0.29, 0.717) is 11.5 Å². The van der Waals surface area contributed by atoms with Crippen molar-refractivity contribution < 1.29 is 22.6 Å². The van der Waals surface area contributed by atoms with Crippen LogP contribution in [0.3, 0.4) is 0 Å². The minimum absolute atomic E-state index is 0.122. The normalized spacial score (nSPS) is 16.3. The topological polar surface area (TPSA) is 73.9 Å². The summed E-state index contributed by atoms with van der Waals surface area (Å²) in [4.78, 5) is 0.206. The van der Waals surface area contributed by atoms with Crippen LogP contribution in [0.2, 0.25) is 0 Å². The average Bonchev–Trinajstić information content (AvgIpc) is 2.71. The molecular formula is C20H19NO5S. The van der Waals surface area contributed by atoms with Crippen molar-refractivity contribution in [2.24, 2.45) is 0 Å². The van der Waals surface area contributed by atoms with E-state index < -0.39 is 10.0 Å². The second-order valence-electron chi connectivity index (χ2n) is 6.22. The summed E-state index contributed by atoms with van der Waals surface area (Å²) in [5, 5.41) is 1.73. The molecule has 1 aliphatic rings. The van der Waals surface area contributed by atoms with Gasteiger partial charge in [0.2, 0.25) is 10.0 Å². The van der Waals surface area contributed by atoms with Crippen LogP contribution in [0.1, 0.15) is 0 Å². The summed E-state index contributed by atoms with van der Waals surface area (Å²) in [6.45, 7) is 0.411. The van der Waals surface area contributed by atoms with Crippen LogP contribution in [0.4, 0.5) is 0 Å². The summed E-state index contributed by atoms with van der Waals surface area (Å²) in [5.74, 6) is 2.01. The van der Waals surface area contributed by atoms with Crippen molar-refractivity contribution >= 4 is 20.8 Å². The van der Waals surface area contributed by atoms with Gasteiger partial charge < -0.3 is 14.2 Å². The van der Waals surface area contributed by atoms with Crippen molar-refractivity contribution in [1.29, 1.82) is 0 Å². The highest BCUT2D eigenvalue weighted by Gasteiger charge is 2.23. The van der Waals surface area contributed by atoms with Gasteiger partial charge in [-0.05, 0) is 47.2 Å². The summed E-state index contributed by atoms with van der Waals surface area (Å²) in [6, 6.07) is 17.8. The van der Waals surface area contributed by atoms with Gasteiger partial charge in [0, 0.05) is 0 Å². The maximum atomic E-state index is 12.7. The van der Waals surface area contributed by atoms with Crippen molar-refractivity contribution in [3.05, 3.63) is 60.7 Å². The molecule has 1 atom stereocenters. The SMILES string of the molecule is COc1ccc2cc(S(=O)(=O)NC[C@H]3COc4ccccc4O3)ccc2c1. The lowest BCUT2D eigenvalue weighted by Crippen LogP contribution is -2.40. The summed E-state index contributed by atoms with van der Waals surface area (Å²) >= 11 is 0. The summed E-state index contributed by atoms with van der Waals surface area (Å²) in [5.41, 5.74) is 0. The number of sulfonamides is 1. The van der Waals surface area contributed by atoms with Gasteiger partial charge in [0.05, 0.1) is 18.6 Å². The molecular weight excluding hydrogens is 366 g/mol. The first-order valence-electron chi connectivity index (χ1n) is 8.51. The Morgan fingerprint density at radius 2 is 1.78 bits per heavy atom. The third-order valence-electron chi connectivity index (χ3n) is 4.40. The third-order valence-corrected chi connectivity index (χ3v) is 5.82. The Labute approximate surface area is 157 Å². The fraction of sp³-hybridized carbons (Fsp3) is 0.200. The van der Waals surface area contributed by atoms with Gasteiger partial charge in [-0.1, -0.05) is 24.3 Å². The number of hydrogen-bond acceptors (Lipinski definition) is 5. The van der Waals surface area contributed by atoms with Gasteiger partial charge in [0.15, 0.2) is 11.5 Å². The number of methoxy groups -OCH3 is 1. The quantitative estimate of drug-likeness (QED) is 0.731. The van der Waals surface area contributed by atoms with Gasteiger partial charge in [0.25, 0.3) is 0 Å². The zero-order valence-corrected chi connectivity index (χ0v) is 15.5. The fourth-order valence-corrected chi connectivity index (χ4v) is 4.05. The molecule has 0 saturated heterocycles. The molecule has 3 aromatic rings. The third kappa shape index (κ3) is 3.70. The Morgan fingerprint density at radius 3 is 2.59 bits per heavy atom. The summed E-state index contributed by atoms with van der Waals surface area (Å²) < 4.78 is 44.5. The average molecular weight is 385 g/mol. The Kier molecular flexibility index (Phi) is 4.63. The van der Waals surface area contributed by atoms with Gasteiger partial charge in [-0.3, -0.25) is 0 Å². The molecule has 0 amide bonds. The lowest BCUT2D eigenvalue weighted by atomic mass is 10.1. The van der Waals surface area contributed by atoms with E-state index in [1.807, 2.05) is 30.3 Å². The van der Waals surface area contributed by atoms with Crippen LogP contribution in [0, 0.1) is 0 Å². The van der Waals surface area contributed by atoms with Gasteiger partial charge in [-0.2, -0.15) is 0 Å². The van der Waals surface area contributed by atoms with Crippen LogP contribution in [0.15, 0.2) is 65.6 Å². The smallest absolute Gasteiger partial charge is 0.240 e. The molecule has 0 radical (unpaired) electrons. The van der Waals surface area contributed by atoms with E-state index in [1.165, 1.54) is 0 Å². The number of benzene rings is 3. The Balaban J connectivity index is 1.48. The molecule has 1 aliphatic heterocycles. The fourth-order valence-electron chi connectivity index (χ4n) is 2.95. The predicted molar refractivity (Wildman–Crippen MR) is 102 cm³/mol. The Morgan fingerprint density at radius 1 is 1.04 bits per heavy atom.